The second-order valence-corrected chi connectivity index (χ2v) is 9.40. The first-order valence-corrected chi connectivity index (χ1v) is 12.8. The van der Waals surface area contributed by atoms with Gasteiger partial charge in [-0.1, -0.05) is 58.4 Å². The van der Waals surface area contributed by atoms with E-state index in [0.29, 0.717) is 30.2 Å². The van der Waals surface area contributed by atoms with E-state index < -0.39 is 11.9 Å². The second-order valence-electron chi connectivity index (χ2n) is 8.49. The predicted molar refractivity (Wildman–Crippen MR) is 145 cm³/mol. The van der Waals surface area contributed by atoms with Crippen LogP contribution in [-0.4, -0.2) is 38.5 Å². The lowest BCUT2D eigenvalue weighted by Crippen LogP contribution is -2.06. The van der Waals surface area contributed by atoms with Crippen LogP contribution < -0.4 is 4.74 Å². The molecule has 0 aliphatic carbocycles. The molecule has 4 aromatic rings. The molecule has 0 fully saturated rings. The van der Waals surface area contributed by atoms with Crippen molar-refractivity contribution in [1.82, 2.24) is 9.78 Å². The fourth-order valence-electron chi connectivity index (χ4n) is 4.31. The first kappa shape index (κ1) is 26.2. The monoisotopic (exact) mass is 562 g/mol. The summed E-state index contributed by atoms with van der Waals surface area (Å²) in [6, 6.07) is 22.6. The molecule has 0 saturated carbocycles. The lowest BCUT2D eigenvalue weighted by molar-refractivity contribution is -0.136. The summed E-state index contributed by atoms with van der Waals surface area (Å²) in [6.45, 7) is 2.74. The minimum atomic E-state index is -1.05. The maximum atomic E-state index is 11.6. The summed E-state index contributed by atoms with van der Waals surface area (Å²) in [7, 11) is 0. The molecule has 0 spiro atoms. The van der Waals surface area contributed by atoms with Crippen molar-refractivity contribution in [2.24, 2.45) is 0 Å². The van der Waals surface area contributed by atoms with E-state index in [1.807, 2.05) is 54.1 Å². The quantitative estimate of drug-likeness (QED) is 0.221. The highest BCUT2D eigenvalue weighted by Gasteiger charge is 2.24. The van der Waals surface area contributed by atoms with Gasteiger partial charge in [-0.05, 0) is 55.7 Å². The van der Waals surface area contributed by atoms with Crippen molar-refractivity contribution >= 4 is 27.9 Å². The number of aromatic nitrogens is 2. The SMILES string of the molecule is CCOc1cc(C(=O)O)ccc1-c1nn(CCc2ccccc2)c(-c2cccc(Br)c2)c1CCC(=O)O. The van der Waals surface area contributed by atoms with E-state index in [-0.39, 0.29) is 18.4 Å². The number of nitrogens with zero attached hydrogens (tertiary/aromatic N) is 2. The predicted octanol–water partition coefficient (Wildman–Crippen LogP) is 6.34. The molecule has 0 aliphatic heterocycles. The summed E-state index contributed by atoms with van der Waals surface area (Å²) in [5.74, 6) is -1.57. The standard InChI is InChI=1S/C29H27BrN2O5/c1-2-37-25-18-21(29(35)36)11-12-23(25)27-24(13-14-26(33)34)28(20-9-6-10-22(30)17-20)32(31-27)16-15-19-7-4-3-5-8-19/h3-12,17-18H,2,13-16H2,1H3,(H,33,34)(H,35,36). The van der Waals surface area contributed by atoms with Crippen LogP contribution in [-0.2, 0) is 24.2 Å². The highest BCUT2D eigenvalue weighted by molar-refractivity contribution is 9.10. The number of benzene rings is 3. The van der Waals surface area contributed by atoms with Gasteiger partial charge in [0.25, 0.3) is 0 Å². The van der Waals surface area contributed by atoms with Crippen LogP contribution in [0.25, 0.3) is 22.5 Å². The molecule has 0 unspecified atom stereocenters. The van der Waals surface area contributed by atoms with Crippen molar-refractivity contribution in [2.75, 3.05) is 6.61 Å². The average molecular weight is 563 g/mol. The summed E-state index contributed by atoms with van der Waals surface area (Å²) < 4.78 is 8.64. The largest absolute Gasteiger partial charge is 0.493 e. The zero-order valence-corrected chi connectivity index (χ0v) is 21.9. The van der Waals surface area contributed by atoms with Crippen LogP contribution in [0, 0.1) is 0 Å². The zero-order valence-electron chi connectivity index (χ0n) is 20.4. The van der Waals surface area contributed by atoms with Gasteiger partial charge in [-0.25, -0.2) is 4.79 Å². The molecule has 0 aliphatic rings. The number of aromatic carboxylic acids is 1. The number of halogens is 1. The molecule has 0 atom stereocenters. The number of ether oxygens (including phenoxy) is 1. The minimum Gasteiger partial charge on any atom is -0.493 e. The molecule has 0 radical (unpaired) electrons. The van der Waals surface area contributed by atoms with Crippen molar-refractivity contribution in [3.8, 4) is 28.3 Å². The number of aryl methyl sites for hydroxylation is 2. The van der Waals surface area contributed by atoms with Crippen LogP contribution >= 0.6 is 15.9 Å². The molecular formula is C29H27BrN2O5. The van der Waals surface area contributed by atoms with E-state index >= 15 is 0 Å². The van der Waals surface area contributed by atoms with E-state index in [1.54, 1.807) is 6.07 Å². The topological polar surface area (TPSA) is 102 Å². The maximum absolute atomic E-state index is 11.6. The van der Waals surface area contributed by atoms with Gasteiger partial charge in [0.2, 0.25) is 0 Å². The molecule has 8 heteroatoms. The first-order valence-electron chi connectivity index (χ1n) is 12.0. The van der Waals surface area contributed by atoms with Crippen molar-refractivity contribution < 1.29 is 24.5 Å². The van der Waals surface area contributed by atoms with Gasteiger partial charge in [0.05, 0.1) is 23.6 Å². The third-order valence-corrected chi connectivity index (χ3v) is 6.47. The van der Waals surface area contributed by atoms with E-state index in [2.05, 4.69) is 28.1 Å². The number of carbonyl (C=O) groups is 2. The summed E-state index contributed by atoms with van der Waals surface area (Å²) in [5, 5.41) is 24.0. The van der Waals surface area contributed by atoms with Crippen LogP contribution in [0.3, 0.4) is 0 Å². The Labute approximate surface area is 223 Å². The second kappa shape index (κ2) is 11.9. The zero-order chi connectivity index (χ0) is 26.4. The molecule has 0 amide bonds. The van der Waals surface area contributed by atoms with Gasteiger partial charge in [-0.15, -0.1) is 0 Å². The van der Waals surface area contributed by atoms with E-state index in [4.69, 9.17) is 9.84 Å². The summed E-state index contributed by atoms with van der Waals surface area (Å²) in [5.41, 5.74) is 4.99. The summed E-state index contributed by atoms with van der Waals surface area (Å²) in [6.07, 6.45) is 0.914. The first-order chi connectivity index (χ1) is 17.9. The molecule has 0 saturated heterocycles. The molecule has 7 nitrogen and oxygen atoms in total. The Bertz CT molecular complexity index is 1420. The summed E-state index contributed by atoms with van der Waals surface area (Å²) >= 11 is 3.55. The van der Waals surface area contributed by atoms with E-state index in [1.165, 1.54) is 12.1 Å². The lowest BCUT2D eigenvalue weighted by atomic mass is 9.97. The van der Waals surface area contributed by atoms with Crippen molar-refractivity contribution in [3.05, 3.63) is 94.0 Å². The van der Waals surface area contributed by atoms with E-state index in [0.717, 1.165) is 33.3 Å². The molecule has 37 heavy (non-hydrogen) atoms. The third-order valence-electron chi connectivity index (χ3n) is 5.98. The number of aliphatic carboxylic acids is 1. The average Bonchev–Trinajstić information content (AvgIpc) is 3.25. The van der Waals surface area contributed by atoms with Gasteiger partial charge in [0.1, 0.15) is 5.75 Å². The van der Waals surface area contributed by atoms with Gasteiger partial charge in [0, 0.05) is 34.1 Å². The Hall–Kier alpha value is -3.91. The molecule has 4 rings (SSSR count). The number of hydrogen-bond acceptors (Lipinski definition) is 4. The molecule has 190 valence electrons. The Kier molecular flexibility index (Phi) is 8.40. The van der Waals surface area contributed by atoms with E-state index in [9.17, 15) is 19.8 Å². The minimum absolute atomic E-state index is 0.0738. The van der Waals surface area contributed by atoms with Gasteiger partial charge in [0.15, 0.2) is 0 Å². The maximum Gasteiger partial charge on any atom is 0.335 e. The smallest absolute Gasteiger partial charge is 0.335 e. The summed E-state index contributed by atoms with van der Waals surface area (Å²) in [4.78, 5) is 23.2. The fourth-order valence-corrected chi connectivity index (χ4v) is 4.71. The van der Waals surface area contributed by atoms with Gasteiger partial charge in [-0.2, -0.15) is 5.10 Å². The number of rotatable bonds is 11. The third kappa shape index (κ3) is 6.27. The van der Waals surface area contributed by atoms with Crippen LogP contribution in [0.15, 0.2) is 77.3 Å². The van der Waals surface area contributed by atoms with Crippen LogP contribution in [0.1, 0.15) is 34.8 Å². The highest BCUT2D eigenvalue weighted by atomic mass is 79.9. The Morgan fingerprint density at radius 1 is 0.973 bits per heavy atom. The Morgan fingerprint density at radius 2 is 1.76 bits per heavy atom. The molecule has 3 aromatic carbocycles. The van der Waals surface area contributed by atoms with Gasteiger partial charge in [-0.3, -0.25) is 9.48 Å². The van der Waals surface area contributed by atoms with Crippen LogP contribution in [0.4, 0.5) is 0 Å². The molecular weight excluding hydrogens is 536 g/mol. The van der Waals surface area contributed by atoms with Crippen LogP contribution in [0.2, 0.25) is 0 Å². The van der Waals surface area contributed by atoms with Crippen LogP contribution in [0.5, 0.6) is 5.75 Å². The van der Waals surface area contributed by atoms with Gasteiger partial charge >= 0.3 is 11.9 Å². The molecule has 2 N–H and O–H groups in total. The lowest BCUT2D eigenvalue weighted by Gasteiger charge is -2.12. The molecule has 1 aromatic heterocycles. The molecule has 1 heterocycles. The highest BCUT2D eigenvalue weighted by Crippen LogP contribution is 2.39. The fraction of sp³-hybridized carbons (Fsp3) is 0.207. The number of carboxylic acids is 2. The Balaban J connectivity index is 1.92. The van der Waals surface area contributed by atoms with Crippen molar-refractivity contribution in [1.29, 1.82) is 0 Å². The van der Waals surface area contributed by atoms with Gasteiger partial charge < -0.3 is 14.9 Å². The number of hydrogen-bond donors (Lipinski definition) is 2. The molecule has 0 bridgehead atoms. The number of carboxylic acid groups (broad SMARTS) is 2. The normalized spacial score (nSPS) is 10.9. The van der Waals surface area contributed by atoms with Crippen molar-refractivity contribution in [2.45, 2.75) is 32.7 Å². The Morgan fingerprint density at radius 3 is 2.43 bits per heavy atom. The van der Waals surface area contributed by atoms with Crippen molar-refractivity contribution in [3.63, 3.8) is 0 Å².